The largest absolute Gasteiger partial charge is 0.414 e. The third kappa shape index (κ3) is 2.57. The van der Waals surface area contributed by atoms with Crippen molar-refractivity contribution in [3.8, 4) is 0 Å². The maximum atomic E-state index is 12.3. The van der Waals surface area contributed by atoms with E-state index in [0.717, 1.165) is 7.11 Å². The van der Waals surface area contributed by atoms with Crippen LogP contribution in [-0.4, -0.2) is 25.4 Å². The molecule has 13 heavy (non-hydrogen) atoms. The Labute approximate surface area is 75.2 Å². The Bertz CT molecular complexity index is 171. The van der Waals surface area contributed by atoms with Gasteiger partial charge >= 0.3 is 6.18 Å². The monoisotopic (exact) mass is 197 g/mol. The number of ether oxygens (including phenoxy) is 1. The van der Waals surface area contributed by atoms with E-state index < -0.39 is 18.2 Å². The van der Waals surface area contributed by atoms with Crippen LogP contribution in [0.2, 0.25) is 0 Å². The van der Waals surface area contributed by atoms with Crippen LogP contribution in [-0.2, 0) is 4.74 Å². The van der Waals surface area contributed by atoms with Gasteiger partial charge in [0, 0.05) is 13.2 Å². The van der Waals surface area contributed by atoms with Crippen LogP contribution in [0.3, 0.4) is 0 Å². The first-order valence-corrected chi connectivity index (χ1v) is 4.30. The lowest BCUT2D eigenvalue weighted by molar-refractivity contribution is -0.227. The SMILES string of the molecule is COC(C1CCC(N)C1)C(F)(F)F. The van der Waals surface area contributed by atoms with Crippen LogP contribution in [0.4, 0.5) is 13.2 Å². The highest BCUT2D eigenvalue weighted by Gasteiger charge is 2.46. The van der Waals surface area contributed by atoms with Crippen LogP contribution in [0.5, 0.6) is 0 Å². The minimum atomic E-state index is -4.26. The molecular weight excluding hydrogens is 183 g/mol. The maximum absolute atomic E-state index is 12.3. The van der Waals surface area contributed by atoms with Crippen molar-refractivity contribution in [2.75, 3.05) is 7.11 Å². The molecule has 0 aliphatic heterocycles. The lowest BCUT2D eigenvalue weighted by Gasteiger charge is -2.24. The quantitative estimate of drug-likeness (QED) is 0.731. The molecule has 0 saturated heterocycles. The average Bonchev–Trinajstić information content (AvgIpc) is 2.34. The maximum Gasteiger partial charge on any atom is 0.414 e. The molecule has 3 unspecified atom stereocenters. The van der Waals surface area contributed by atoms with Crippen molar-refractivity contribution in [2.24, 2.45) is 11.7 Å². The van der Waals surface area contributed by atoms with Crippen molar-refractivity contribution in [1.82, 2.24) is 0 Å². The van der Waals surface area contributed by atoms with Gasteiger partial charge in [-0.25, -0.2) is 0 Å². The summed E-state index contributed by atoms with van der Waals surface area (Å²) in [7, 11) is 1.10. The number of alkyl halides is 3. The summed E-state index contributed by atoms with van der Waals surface area (Å²) in [6.07, 6.45) is -4.30. The standard InChI is InChI=1S/C8H14F3NO/c1-13-7(8(9,10)11)5-2-3-6(12)4-5/h5-7H,2-4,12H2,1H3. The summed E-state index contributed by atoms with van der Waals surface area (Å²) in [5, 5.41) is 0. The van der Waals surface area contributed by atoms with E-state index in [2.05, 4.69) is 4.74 Å². The molecule has 0 bridgehead atoms. The number of hydrogen-bond donors (Lipinski definition) is 1. The average molecular weight is 197 g/mol. The van der Waals surface area contributed by atoms with Gasteiger partial charge in [-0.1, -0.05) is 0 Å². The van der Waals surface area contributed by atoms with Crippen LogP contribution < -0.4 is 5.73 Å². The Morgan fingerprint density at radius 2 is 2.00 bits per heavy atom. The van der Waals surface area contributed by atoms with Gasteiger partial charge in [-0.05, 0) is 25.2 Å². The molecule has 0 aromatic carbocycles. The Kier molecular flexibility index (Phi) is 3.18. The number of hydrogen-bond acceptors (Lipinski definition) is 2. The normalized spacial score (nSPS) is 32.1. The third-order valence-corrected chi connectivity index (χ3v) is 2.52. The van der Waals surface area contributed by atoms with E-state index in [1.165, 1.54) is 0 Å². The Balaban J connectivity index is 2.57. The lowest BCUT2D eigenvalue weighted by atomic mass is 10.00. The first kappa shape index (κ1) is 10.8. The van der Waals surface area contributed by atoms with E-state index in [-0.39, 0.29) is 6.04 Å². The van der Waals surface area contributed by atoms with Crippen molar-refractivity contribution in [3.63, 3.8) is 0 Å². The highest BCUT2D eigenvalue weighted by molar-refractivity contribution is 4.86. The molecule has 0 aromatic rings. The summed E-state index contributed by atoms with van der Waals surface area (Å²) < 4.78 is 41.5. The van der Waals surface area contributed by atoms with Gasteiger partial charge in [-0.3, -0.25) is 0 Å². The van der Waals surface area contributed by atoms with Gasteiger partial charge in [0.1, 0.15) is 0 Å². The van der Waals surface area contributed by atoms with Crippen molar-refractivity contribution in [2.45, 2.75) is 37.6 Å². The second-order valence-corrected chi connectivity index (χ2v) is 3.53. The minimum Gasteiger partial charge on any atom is -0.372 e. The topological polar surface area (TPSA) is 35.2 Å². The molecule has 1 rings (SSSR count). The molecule has 0 aromatic heterocycles. The number of halogens is 3. The zero-order chi connectivity index (χ0) is 10.1. The van der Waals surface area contributed by atoms with Gasteiger partial charge in [0.2, 0.25) is 0 Å². The minimum absolute atomic E-state index is 0.0926. The van der Waals surface area contributed by atoms with Gasteiger partial charge in [-0.2, -0.15) is 13.2 Å². The van der Waals surface area contributed by atoms with Crippen LogP contribution in [0.25, 0.3) is 0 Å². The van der Waals surface area contributed by atoms with E-state index in [4.69, 9.17) is 5.73 Å². The third-order valence-electron chi connectivity index (χ3n) is 2.52. The predicted molar refractivity (Wildman–Crippen MR) is 42.2 cm³/mol. The molecule has 0 spiro atoms. The highest BCUT2D eigenvalue weighted by Crippen LogP contribution is 2.36. The van der Waals surface area contributed by atoms with Gasteiger partial charge in [-0.15, -0.1) is 0 Å². The summed E-state index contributed by atoms with van der Waals surface area (Å²) in [4.78, 5) is 0. The summed E-state index contributed by atoms with van der Waals surface area (Å²) in [6.45, 7) is 0. The van der Waals surface area contributed by atoms with Crippen molar-refractivity contribution < 1.29 is 17.9 Å². The number of rotatable bonds is 2. The fourth-order valence-electron chi connectivity index (χ4n) is 1.92. The molecule has 1 aliphatic rings. The fraction of sp³-hybridized carbons (Fsp3) is 1.00. The van der Waals surface area contributed by atoms with Crippen LogP contribution in [0, 0.1) is 5.92 Å². The Morgan fingerprint density at radius 1 is 1.38 bits per heavy atom. The molecule has 0 amide bonds. The number of methoxy groups -OCH3 is 1. The van der Waals surface area contributed by atoms with E-state index >= 15 is 0 Å². The Hall–Kier alpha value is -0.290. The number of nitrogens with two attached hydrogens (primary N) is 1. The van der Waals surface area contributed by atoms with Gasteiger partial charge in [0.15, 0.2) is 6.10 Å². The summed E-state index contributed by atoms with van der Waals surface area (Å²) in [5.41, 5.74) is 5.54. The van der Waals surface area contributed by atoms with E-state index in [0.29, 0.717) is 19.3 Å². The molecule has 3 atom stereocenters. The smallest absolute Gasteiger partial charge is 0.372 e. The molecule has 1 aliphatic carbocycles. The van der Waals surface area contributed by atoms with E-state index in [1.54, 1.807) is 0 Å². The molecule has 2 nitrogen and oxygen atoms in total. The van der Waals surface area contributed by atoms with Crippen LogP contribution >= 0.6 is 0 Å². The van der Waals surface area contributed by atoms with Crippen molar-refractivity contribution in [3.05, 3.63) is 0 Å². The van der Waals surface area contributed by atoms with E-state index in [1.807, 2.05) is 0 Å². The fourth-order valence-corrected chi connectivity index (χ4v) is 1.92. The lowest BCUT2D eigenvalue weighted by Crippen LogP contribution is -2.37. The Morgan fingerprint density at radius 3 is 2.31 bits per heavy atom. The molecule has 1 fully saturated rings. The van der Waals surface area contributed by atoms with Crippen LogP contribution in [0.1, 0.15) is 19.3 Å². The van der Waals surface area contributed by atoms with Crippen molar-refractivity contribution in [1.29, 1.82) is 0 Å². The molecule has 2 N–H and O–H groups in total. The zero-order valence-corrected chi connectivity index (χ0v) is 7.47. The van der Waals surface area contributed by atoms with Crippen molar-refractivity contribution >= 4 is 0 Å². The molecule has 1 saturated carbocycles. The highest BCUT2D eigenvalue weighted by atomic mass is 19.4. The first-order chi connectivity index (χ1) is 5.95. The molecule has 0 heterocycles. The molecule has 78 valence electrons. The van der Waals surface area contributed by atoms with Crippen LogP contribution in [0.15, 0.2) is 0 Å². The van der Waals surface area contributed by atoms with Gasteiger partial charge in [0.05, 0.1) is 0 Å². The molecule has 5 heteroatoms. The first-order valence-electron chi connectivity index (χ1n) is 4.30. The predicted octanol–water partition coefficient (Wildman–Crippen LogP) is 1.69. The second kappa shape index (κ2) is 3.84. The summed E-state index contributed by atoms with van der Waals surface area (Å²) >= 11 is 0. The summed E-state index contributed by atoms with van der Waals surface area (Å²) in [5.74, 6) is -0.458. The second-order valence-electron chi connectivity index (χ2n) is 3.53. The van der Waals surface area contributed by atoms with Gasteiger partial charge < -0.3 is 10.5 Å². The van der Waals surface area contributed by atoms with Gasteiger partial charge in [0.25, 0.3) is 0 Å². The van der Waals surface area contributed by atoms with E-state index in [9.17, 15) is 13.2 Å². The molecular formula is C8H14F3NO. The summed E-state index contributed by atoms with van der Waals surface area (Å²) in [6, 6.07) is -0.0926. The molecule has 0 radical (unpaired) electrons. The zero-order valence-electron chi connectivity index (χ0n) is 7.47.